The molecule has 24 heavy (non-hydrogen) atoms. The molecular formula is C16H13Cl2N3O2S. The van der Waals surface area contributed by atoms with Crippen LogP contribution in [0.25, 0.3) is 10.7 Å². The van der Waals surface area contributed by atoms with Crippen LogP contribution in [-0.4, -0.2) is 26.8 Å². The summed E-state index contributed by atoms with van der Waals surface area (Å²) in [5.41, 5.74) is 0.292. The maximum Gasteiger partial charge on any atom is 0.336 e. The van der Waals surface area contributed by atoms with Crippen LogP contribution >= 0.6 is 34.5 Å². The zero-order valence-electron chi connectivity index (χ0n) is 12.9. The van der Waals surface area contributed by atoms with Crippen molar-refractivity contribution in [3.05, 3.63) is 51.3 Å². The third-order valence-electron chi connectivity index (χ3n) is 3.02. The number of halogens is 2. The molecule has 0 unspecified atom stereocenters. The van der Waals surface area contributed by atoms with Crippen molar-refractivity contribution < 1.29 is 9.53 Å². The Morgan fingerprint density at radius 3 is 2.71 bits per heavy atom. The first-order valence-electron chi connectivity index (χ1n) is 7.13. The maximum atomic E-state index is 12.9. The van der Waals surface area contributed by atoms with Crippen molar-refractivity contribution in [3.63, 3.8) is 0 Å². The van der Waals surface area contributed by atoms with E-state index in [0.29, 0.717) is 16.4 Å². The molecule has 0 atom stereocenters. The van der Waals surface area contributed by atoms with E-state index in [4.69, 9.17) is 27.9 Å². The number of ether oxygens (including phenoxy) is 1. The molecule has 0 bridgehead atoms. The monoisotopic (exact) mass is 381 g/mol. The van der Waals surface area contributed by atoms with Crippen LogP contribution in [0.1, 0.15) is 24.2 Å². The second-order valence-corrected chi connectivity index (χ2v) is 6.99. The summed E-state index contributed by atoms with van der Waals surface area (Å²) in [6, 6.07) is 8.57. The Morgan fingerprint density at radius 1 is 1.29 bits per heavy atom. The van der Waals surface area contributed by atoms with Crippen molar-refractivity contribution in [1.82, 2.24) is 14.8 Å². The molecule has 2 aromatic heterocycles. The Balaban J connectivity index is 2.08. The van der Waals surface area contributed by atoms with Crippen molar-refractivity contribution in [2.45, 2.75) is 20.0 Å². The Kier molecular flexibility index (Phi) is 4.89. The van der Waals surface area contributed by atoms with Gasteiger partial charge in [0.2, 0.25) is 0 Å². The topological polar surface area (TPSA) is 57.0 Å². The minimum absolute atomic E-state index is 0.105. The van der Waals surface area contributed by atoms with Gasteiger partial charge < -0.3 is 4.74 Å². The molecule has 8 heteroatoms. The molecule has 0 aliphatic carbocycles. The second kappa shape index (κ2) is 6.93. The molecule has 0 radical (unpaired) electrons. The number of hydrogen-bond acceptors (Lipinski definition) is 5. The summed E-state index contributed by atoms with van der Waals surface area (Å²) in [7, 11) is 0. The number of carbonyl (C=O) groups excluding carboxylic acids is 1. The lowest BCUT2D eigenvalue weighted by atomic mass is 10.2. The van der Waals surface area contributed by atoms with Gasteiger partial charge in [-0.3, -0.25) is 4.79 Å². The smallest absolute Gasteiger partial charge is 0.336 e. The molecule has 0 saturated carbocycles. The van der Waals surface area contributed by atoms with E-state index in [2.05, 4.69) is 10.1 Å². The van der Waals surface area contributed by atoms with Crippen LogP contribution in [0.3, 0.4) is 0 Å². The predicted molar refractivity (Wildman–Crippen MR) is 95.3 cm³/mol. The number of nitrogens with zero attached hydrogens (tertiary/aromatic N) is 3. The van der Waals surface area contributed by atoms with Crippen LogP contribution in [0.15, 0.2) is 35.7 Å². The number of thiophene rings is 1. The summed E-state index contributed by atoms with van der Waals surface area (Å²) in [6.07, 6.45) is -0.105. The van der Waals surface area contributed by atoms with E-state index < -0.39 is 5.91 Å². The number of aromatic nitrogens is 3. The summed E-state index contributed by atoms with van der Waals surface area (Å²) in [4.78, 5) is 18.0. The molecule has 0 N–H and O–H groups in total. The van der Waals surface area contributed by atoms with Gasteiger partial charge in [0.05, 0.1) is 21.6 Å². The minimum Gasteiger partial charge on any atom is -0.460 e. The van der Waals surface area contributed by atoms with Crippen LogP contribution in [-0.2, 0) is 0 Å². The van der Waals surface area contributed by atoms with Crippen LogP contribution in [0.2, 0.25) is 10.0 Å². The van der Waals surface area contributed by atoms with E-state index in [0.717, 1.165) is 4.88 Å². The molecule has 5 nitrogen and oxygen atoms in total. The molecule has 1 aromatic carbocycles. The lowest BCUT2D eigenvalue weighted by Crippen LogP contribution is -2.16. The first-order chi connectivity index (χ1) is 11.5. The summed E-state index contributed by atoms with van der Waals surface area (Å²) < 4.78 is 6.73. The largest absolute Gasteiger partial charge is 0.460 e. The predicted octanol–water partition coefficient (Wildman–Crippen LogP) is 4.79. The van der Waals surface area contributed by atoms with E-state index in [-0.39, 0.29) is 17.1 Å². The fraction of sp³-hybridized carbons (Fsp3) is 0.188. The standard InChI is InChI=1S/C16H13Cl2N3O2S/c1-9(2)23-16-19-14(13-4-3-7-24-13)21(20-16)15(22)11-6-5-10(17)8-12(11)18/h3-9H,1-2H3. The number of hydrogen-bond donors (Lipinski definition) is 0. The average molecular weight is 382 g/mol. The van der Waals surface area contributed by atoms with Gasteiger partial charge in [-0.2, -0.15) is 9.67 Å². The van der Waals surface area contributed by atoms with Gasteiger partial charge in [-0.25, -0.2) is 0 Å². The van der Waals surface area contributed by atoms with Gasteiger partial charge in [0.25, 0.3) is 5.91 Å². The normalized spacial score (nSPS) is 11.0. The first kappa shape index (κ1) is 17.0. The molecule has 0 aliphatic rings. The molecule has 0 aliphatic heterocycles. The van der Waals surface area contributed by atoms with Gasteiger partial charge in [-0.05, 0) is 43.5 Å². The van der Waals surface area contributed by atoms with Gasteiger partial charge in [-0.15, -0.1) is 16.4 Å². The molecule has 0 amide bonds. The van der Waals surface area contributed by atoms with Crippen molar-refractivity contribution >= 4 is 40.4 Å². The highest BCUT2D eigenvalue weighted by molar-refractivity contribution is 7.13. The molecule has 0 saturated heterocycles. The highest BCUT2D eigenvalue weighted by Gasteiger charge is 2.22. The molecule has 3 rings (SSSR count). The van der Waals surface area contributed by atoms with E-state index in [1.54, 1.807) is 12.1 Å². The Hall–Kier alpha value is -1.89. The van der Waals surface area contributed by atoms with Crippen LogP contribution < -0.4 is 4.74 Å². The molecule has 124 valence electrons. The number of benzene rings is 1. The summed E-state index contributed by atoms with van der Waals surface area (Å²) in [5, 5.41) is 6.81. The van der Waals surface area contributed by atoms with Gasteiger partial charge in [0, 0.05) is 5.02 Å². The third-order valence-corrected chi connectivity index (χ3v) is 4.44. The summed E-state index contributed by atoms with van der Waals surface area (Å²) in [5.74, 6) is 0.0165. The average Bonchev–Trinajstić information content (AvgIpc) is 3.14. The molecule has 0 fully saturated rings. The molecule has 2 heterocycles. The molecule has 3 aromatic rings. The fourth-order valence-corrected chi connectivity index (χ4v) is 3.23. The third kappa shape index (κ3) is 3.45. The Morgan fingerprint density at radius 2 is 2.08 bits per heavy atom. The Labute approximate surface area is 152 Å². The number of carbonyl (C=O) groups is 1. The van der Waals surface area contributed by atoms with E-state index in [1.807, 2.05) is 31.4 Å². The summed E-state index contributed by atoms with van der Waals surface area (Å²) >= 11 is 13.5. The van der Waals surface area contributed by atoms with Crippen LogP contribution in [0.5, 0.6) is 6.01 Å². The zero-order chi connectivity index (χ0) is 17.3. The van der Waals surface area contributed by atoms with E-state index >= 15 is 0 Å². The molecule has 0 spiro atoms. The van der Waals surface area contributed by atoms with Crippen LogP contribution in [0, 0.1) is 0 Å². The fourth-order valence-electron chi connectivity index (χ4n) is 2.04. The van der Waals surface area contributed by atoms with E-state index in [1.165, 1.54) is 22.1 Å². The summed E-state index contributed by atoms with van der Waals surface area (Å²) in [6.45, 7) is 3.73. The highest BCUT2D eigenvalue weighted by Crippen LogP contribution is 2.28. The van der Waals surface area contributed by atoms with Crippen molar-refractivity contribution in [2.75, 3.05) is 0 Å². The quantitative estimate of drug-likeness (QED) is 0.651. The first-order valence-corrected chi connectivity index (χ1v) is 8.76. The van der Waals surface area contributed by atoms with E-state index in [9.17, 15) is 4.79 Å². The van der Waals surface area contributed by atoms with Gasteiger partial charge >= 0.3 is 6.01 Å². The Bertz CT molecular complexity index is 876. The van der Waals surface area contributed by atoms with Crippen LogP contribution in [0.4, 0.5) is 0 Å². The zero-order valence-corrected chi connectivity index (χ0v) is 15.2. The second-order valence-electron chi connectivity index (χ2n) is 5.20. The van der Waals surface area contributed by atoms with Crippen molar-refractivity contribution in [1.29, 1.82) is 0 Å². The van der Waals surface area contributed by atoms with Crippen molar-refractivity contribution in [3.8, 4) is 16.7 Å². The lowest BCUT2D eigenvalue weighted by Gasteiger charge is -2.05. The van der Waals surface area contributed by atoms with Gasteiger partial charge in [0.1, 0.15) is 0 Å². The maximum absolute atomic E-state index is 12.9. The minimum atomic E-state index is -0.397. The lowest BCUT2D eigenvalue weighted by molar-refractivity contribution is 0.0943. The van der Waals surface area contributed by atoms with Gasteiger partial charge in [-0.1, -0.05) is 29.3 Å². The molecular weight excluding hydrogens is 369 g/mol. The van der Waals surface area contributed by atoms with Crippen molar-refractivity contribution in [2.24, 2.45) is 0 Å². The number of rotatable bonds is 4. The van der Waals surface area contributed by atoms with Gasteiger partial charge in [0.15, 0.2) is 5.82 Å². The SMILES string of the molecule is CC(C)Oc1nc(-c2cccs2)n(C(=O)c2ccc(Cl)cc2Cl)n1. The highest BCUT2D eigenvalue weighted by atomic mass is 35.5.